The molecule has 0 aliphatic heterocycles. The second kappa shape index (κ2) is 8.91. The molecule has 0 radical (unpaired) electrons. The van der Waals surface area contributed by atoms with Gasteiger partial charge in [-0.3, -0.25) is 0 Å². The number of aryl methyl sites for hydroxylation is 1. The predicted octanol–water partition coefficient (Wildman–Crippen LogP) is 4.70. The van der Waals surface area contributed by atoms with E-state index in [2.05, 4.69) is 73.8 Å². The average molecular weight is 299 g/mol. The minimum atomic E-state index is 0.525. The monoisotopic (exact) mass is 299 g/mol. The van der Waals surface area contributed by atoms with Gasteiger partial charge in [-0.2, -0.15) is 0 Å². The molecule has 0 bridgehead atoms. The van der Waals surface area contributed by atoms with Gasteiger partial charge in [0.1, 0.15) is 0 Å². The van der Waals surface area contributed by atoms with Crippen molar-refractivity contribution in [3.63, 3.8) is 0 Å². The molecular weight excluding hydrogens is 274 g/mol. The highest BCUT2D eigenvalue weighted by atomic mass is 32.2. The third-order valence-electron chi connectivity index (χ3n) is 3.44. The fourth-order valence-electron chi connectivity index (χ4n) is 2.38. The first-order valence-corrected chi connectivity index (χ1v) is 8.73. The summed E-state index contributed by atoms with van der Waals surface area (Å²) in [4.78, 5) is 1.35. The molecule has 0 saturated carbocycles. The van der Waals surface area contributed by atoms with E-state index >= 15 is 0 Å². The van der Waals surface area contributed by atoms with Gasteiger partial charge in [-0.15, -0.1) is 11.8 Å². The summed E-state index contributed by atoms with van der Waals surface area (Å²) in [6.45, 7) is 5.48. The van der Waals surface area contributed by atoms with Crippen molar-refractivity contribution in [1.82, 2.24) is 5.32 Å². The van der Waals surface area contributed by atoms with Gasteiger partial charge in [0, 0.05) is 16.7 Å². The minimum Gasteiger partial charge on any atom is -0.313 e. The summed E-state index contributed by atoms with van der Waals surface area (Å²) in [6, 6.07) is 20.1. The van der Waals surface area contributed by atoms with Gasteiger partial charge in [0.05, 0.1) is 0 Å². The van der Waals surface area contributed by atoms with Crippen molar-refractivity contribution in [2.75, 3.05) is 12.3 Å². The Hall–Kier alpha value is -1.25. The maximum absolute atomic E-state index is 3.69. The third kappa shape index (κ3) is 5.94. The van der Waals surface area contributed by atoms with E-state index in [-0.39, 0.29) is 0 Å². The predicted molar refractivity (Wildman–Crippen MR) is 94.1 cm³/mol. The molecule has 0 aromatic heterocycles. The zero-order valence-corrected chi connectivity index (χ0v) is 13.8. The zero-order chi connectivity index (χ0) is 14.9. The summed E-state index contributed by atoms with van der Waals surface area (Å²) in [5.41, 5.74) is 2.77. The summed E-state index contributed by atoms with van der Waals surface area (Å²) in [6.07, 6.45) is 2.28. The first kappa shape index (κ1) is 16.1. The molecular formula is C19H25NS. The molecule has 0 amide bonds. The van der Waals surface area contributed by atoms with Crippen LogP contribution < -0.4 is 5.32 Å². The normalized spacial score (nSPS) is 12.3. The topological polar surface area (TPSA) is 12.0 Å². The van der Waals surface area contributed by atoms with Crippen molar-refractivity contribution >= 4 is 11.8 Å². The largest absolute Gasteiger partial charge is 0.313 e. The van der Waals surface area contributed by atoms with E-state index in [0.717, 1.165) is 18.7 Å². The van der Waals surface area contributed by atoms with Crippen molar-refractivity contribution < 1.29 is 0 Å². The molecule has 1 nitrogen and oxygen atoms in total. The molecule has 112 valence electrons. The number of nitrogens with one attached hydrogen (secondary N) is 1. The molecule has 1 atom stereocenters. The van der Waals surface area contributed by atoms with Gasteiger partial charge >= 0.3 is 0 Å². The Balaban J connectivity index is 1.94. The van der Waals surface area contributed by atoms with E-state index in [1.165, 1.54) is 22.4 Å². The molecule has 0 spiro atoms. The Morgan fingerprint density at radius 2 is 1.86 bits per heavy atom. The van der Waals surface area contributed by atoms with Crippen LogP contribution in [-0.4, -0.2) is 18.3 Å². The van der Waals surface area contributed by atoms with E-state index in [1.807, 2.05) is 11.8 Å². The average Bonchev–Trinajstić information content (AvgIpc) is 2.51. The van der Waals surface area contributed by atoms with Crippen LogP contribution in [0.2, 0.25) is 0 Å². The highest BCUT2D eigenvalue weighted by Gasteiger charge is 2.09. The highest BCUT2D eigenvalue weighted by Crippen LogP contribution is 2.19. The van der Waals surface area contributed by atoms with E-state index in [0.29, 0.717) is 6.04 Å². The Labute approximate surface area is 133 Å². The smallest absolute Gasteiger partial charge is 0.0202 e. The summed E-state index contributed by atoms with van der Waals surface area (Å²) in [7, 11) is 0. The van der Waals surface area contributed by atoms with Gasteiger partial charge < -0.3 is 5.32 Å². The van der Waals surface area contributed by atoms with Gasteiger partial charge in [-0.1, -0.05) is 55.0 Å². The number of hydrogen-bond acceptors (Lipinski definition) is 2. The van der Waals surface area contributed by atoms with Crippen LogP contribution in [0.1, 0.15) is 24.5 Å². The fourth-order valence-corrected chi connectivity index (χ4v) is 3.35. The van der Waals surface area contributed by atoms with Crippen molar-refractivity contribution in [3.8, 4) is 0 Å². The molecule has 1 N–H and O–H groups in total. The van der Waals surface area contributed by atoms with Crippen molar-refractivity contribution in [1.29, 1.82) is 0 Å². The first-order valence-electron chi connectivity index (χ1n) is 7.74. The Kier molecular flexibility index (Phi) is 6.84. The maximum Gasteiger partial charge on any atom is 0.0202 e. The van der Waals surface area contributed by atoms with Gasteiger partial charge in [0.2, 0.25) is 0 Å². The Morgan fingerprint density at radius 3 is 2.57 bits per heavy atom. The van der Waals surface area contributed by atoms with Crippen LogP contribution in [0.15, 0.2) is 59.5 Å². The molecule has 2 rings (SSSR count). The second-order valence-corrected chi connectivity index (χ2v) is 6.56. The van der Waals surface area contributed by atoms with Crippen LogP contribution in [0.4, 0.5) is 0 Å². The molecule has 0 saturated heterocycles. The molecule has 0 aliphatic rings. The van der Waals surface area contributed by atoms with Crippen LogP contribution in [0.25, 0.3) is 0 Å². The third-order valence-corrected chi connectivity index (χ3v) is 4.62. The van der Waals surface area contributed by atoms with Crippen molar-refractivity contribution in [2.24, 2.45) is 0 Å². The molecule has 1 unspecified atom stereocenters. The molecule has 21 heavy (non-hydrogen) atoms. The quantitative estimate of drug-likeness (QED) is 0.709. The second-order valence-electron chi connectivity index (χ2n) is 5.47. The van der Waals surface area contributed by atoms with Crippen molar-refractivity contribution in [2.45, 2.75) is 37.6 Å². The van der Waals surface area contributed by atoms with Gasteiger partial charge in [-0.25, -0.2) is 0 Å². The Bertz CT molecular complexity index is 524. The lowest BCUT2D eigenvalue weighted by molar-refractivity contribution is 0.550. The van der Waals surface area contributed by atoms with Crippen LogP contribution in [0.5, 0.6) is 0 Å². The summed E-state index contributed by atoms with van der Waals surface area (Å²) in [5.74, 6) is 1.11. The fraction of sp³-hybridized carbons (Fsp3) is 0.368. The summed E-state index contributed by atoms with van der Waals surface area (Å²) < 4.78 is 0. The summed E-state index contributed by atoms with van der Waals surface area (Å²) >= 11 is 1.94. The molecule has 0 fully saturated rings. The molecule has 0 aliphatic carbocycles. The Morgan fingerprint density at radius 1 is 1.05 bits per heavy atom. The van der Waals surface area contributed by atoms with E-state index in [1.54, 1.807) is 0 Å². The lowest BCUT2D eigenvalue weighted by Gasteiger charge is -2.18. The number of rotatable bonds is 8. The van der Waals surface area contributed by atoms with E-state index < -0.39 is 0 Å². The first-order chi connectivity index (χ1) is 10.3. The molecule has 2 aromatic rings. The molecule has 0 heterocycles. The SMILES string of the molecule is CCCNC(CSc1ccccc1)Cc1cccc(C)c1. The van der Waals surface area contributed by atoms with Crippen LogP contribution in [0.3, 0.4) is 0 Å². The van der Waals surface area contributed by atoms with Gasteiger partial charge in [0.15, 0.2) is 0 Å². The zero-order valence-electron chi connectivity index (χ0n) is 13.0. The van der Waals surface area contributed by atoms with Crippen molar-refractivity contribution in [3.05, 3.63) is 65.7 Å². The van der Waals surface area contributed by atoms with Crippen LogP contribution in [0, 0.1) is 6.92 Å². The highest BCUT2D eigenvalue weighted by molar-refractivity contribution is 7.99. The molecule has 2 heteroatoms. The number of benzene rings is 2. The van der Waals surface area contributed by atoms with E-state index in [9.17, 15) is 0 Å². The molecule has 2 aromatic carbocycles. The van der Waals surface area contributed by atoms with Gasteiger partial charge in [-0.05, 0) is 44.0 Å². The number of hydrogen-bond donors (Lipinski definition) is 1. The minimum absolute atomic E-state index is 0.525. The lowest BCUT2D eigenvalue weighted by atomic mass is 10.0. The lowest BCUT2D eigenvalue weighted by Crippen LogP contribution is -2.34. The van der Waals surface area contributed by atoms with Crippen LogP contribution in [-0.2, 0) is 6.42 Å². The van der Waals surface area contributed by atoms with Crippen LogP contribution >= 0.6 is 11.8 Å². The maximum atomic E-state index is 3.69. The number of thioether (sulfide) groups is 1. The summed E-state index contributed by atoms with van der Waals surface area (Å²) in [5, 5.41) is 3.69. The standard InChI is InChI=1S/C19H25NS/c1-3-12-20-18(14-17-9-7-8-16(2)13-17)15-21-19-10-5-4-6-11-19/h4-11,13,18,20H,3,12,14-15H2,1-2H3. The van der Waals surface area contributed by atoms with E-state index in [4.69, 9.17) is 0 Å². The van der Waals surface area contributed by atoms with Gasteiger partial charge in [0.25, 0.3) is 0 Å².